The van der Waals surface area contributed by atoms with Crippen LogP contribution in [0.3, 0.4) is 0 Å². The zero-order chi connectivity index (χ0) is 10.3. The van der Waals surface area contributed by atoms with Gasteiger partial charge in [-0.15, -0.1) is 0 Å². The molecule has 0 unspecified atom stereocenters. The molecule has 1 radical (unpaired) electrons. The molecule has 15 heavy (non-hydrogen) atoms. The number of fused-ring (bicyclic) bond motifs is 2. The molecule has 1 aliphatic heterocycles. The Bertz CT molecular complexity index is 523. The van der Waals surface area contributed by atoms with Gasteiger partial charge in [0, 0.05) is 14.7 Å². The highest BCUT2D eigenvalue weighted by molar-refractivity contribution is 8.05. The smallest absolute Gasteiger partial charge is 0.193 e. The van der Waals surface area contributed by atoms with E-state index in [4.69, 9.17) is 0 Å². The lowest BCUT2D eigenvalue weighted by molar-refractivity contribution is 0.342. The lowest BCUT2D eigenvalue weighted by Crippen LogP contribution is -1.88. The minimum absolute atomic E-state index is 0.125. The molecule has 3 heteroatoms. The molecule has 1 heterocycles. The average molecular weight is 231 g/mol. The van der Waals surface area contributed by atoms with Gasteiger partial charge in [-0.25, -0.2) is 0 Å². The summed E-state index contributed by atoms with van der Waals surface area (Å²) < 4.78 is 0. The van der Waals surface area contributed by atoms with E-state index < -0.39 is 0 Å². The molecule has 0 atom stereocenters. The molecule has 73 valence electrons. The molecule has 0 saturated carbocycles. The van der Waals surface area contributed by atoms with Gasteiger partial charge in [0.15, 0.2) is 5.75 Å². The number of hydrogen-bond acceptors (Lipinski definition) is 2. The van der Waals surface area contributed by atoms with Crippen LogP contribution in [0, 0.1) is 0 Å². The summed E-state index contributed by atoms with van der Waals surface area (Å²) >= 11 is 3.25. The Hall–Kier alpha value is -1.06. The zero-order valence-corrected chi connectivity index (χ0v) is 9.40. The van der Waals surface area contributed by atoms with Crippen LogP contribution in [0.15, 0.2) is 62.0 Å². The predicted octanol–water partition coefficient (Wildman–Crippen LogP) is 4.45. The van der Waals surface area contributed by atoms with E-state index >= 15 is 0 Å². The Kier molecular flexibility index (Phi) is 2.15. The molecule has 0 N–H and O–H groups in total. The van der Waals surface area contributed by atoms with Gasteiger partial charge in [-0.2, -0.15) is 0 Å². The van der Waals surface area contributed by atoms with Gasteiger partial charge in [0.05, 0.1) is 4.90 Å². The minimum Gasteiger partial charge on any atom is -0.289 e. The van der Waals surface area contributed by atoms with Crippen molar-refractivity contribution in [3.05, 3.63) is 42.5 Å². The van der Waals surface area contributed by atoms with Crippen LogP contribution in [-0.2, 0) is 5.11 Å². The standard InChI is InChI=1S/C12H7OS2/c13-8-4-3-7-11-12(8)15-10-6-2-1-5-9(10)14-11/h1-7H. The van der Waals surface area contributed by atoms with Crippen LogP contribution in [0.25, 0.3) is 0 Å². The summed E-state index contributed by atoms with van der Waals surface area (Å²) in [6, 6.07) is 13.6. The van der Waals surface area contributed by atoms with Crippen molar-refractivity contribution in [3.8, 4) is 5.75 Å². The molecule has 0 aromatic heterocycles. The minimum atomic E-state index is 0.125. The molecule has 1 aliphatic rings. The summed E-state index contributed by atoms with van der Waals surface area (Å²) in [5.41, 5.74) is 0. The van der Waals surface area contributed by atoms with Crippen molar-refractivity contribution in [1.29, 1.82) is 0 Å². The Balaban J connectivity index is 2.15. The number of benzene rings is 2. The van der Waals surface area contributed by atoms with Crippen LogP contribution in [0.5, 0.6) is 5.75 Å². The fourth-order valence-corrected chi connectivity index (χ4v) is 3.79. The summed E-state index contributed by atoms with van der Waals surface area (Å²) in [6.45, 7) is 0. The largest absolute Gasteiger partial charge is 0.289 e. The van der Waals surface area contributed by atoms with Gasteiger partial charge in [-0.3, -0.25) is 5.11 Å². The van der Waals surface area contributed by atoms with Gasteiger partial charge < -0.3 is 0 Å². The van der Waals surface area contributed by atoms with E-state index in [1.807, 2.05) is 24.3 Å². The third-order valence-corrected chi connectivity index (χ3v) is 4.82. The topological polar surface area (TPSA) is 19.9 Å². The molecule has 1 nitrogen and oxygen atoms in total. The number of rotatable bonds is 0. The second-order valence-corrected chi connectivity index (χ2v) is 5.37. The molecule has 0 saturated heterocycles. The van der Waals surface area contributed by atoms with Gasteiger partial charge in [-0.05, 0) is 24.3 Å². The summed E-state index contributed by atoms with van der Waals surface area (Å²) in [5.74, 6) is 0.125. The molecular formula is C12H7OS2. The second kappa shape index (κ2) is 3.51. The van der Waals surface area contributed by atoms with E-state index in [1.165, 1.54) is 9.79 Å². The summed E-state index contributed by atoms with van der Waals surface area (Å²) in [6.07, 6.45) is 0. The van der Waals surface area contributed by atoms with Crippen molar-refractivity contribution in [2.24, 2.45) is 0 Å². The first kappa shape index (κ1) is 9.19. The molecule has 0 fully saturated rings. The molecule has 0 aliphatic carbocycles. The van der Waals surface area contributed by atoms with Crippen molar-refractivity contribution < 1.29 is 5.11 Å². The van der Waals surface area contributed by atoms with Crippen LogP contribution in [0.2, 0.25) is 0 Å². The van der Waals surface area contributed by atoms with E-state index in [0.29, 0.717) is 0 Å². The molecule has 3 rings (SSSR count). The van der Waals surface area contributed by atoms with E-state index in [1.54, 1.807) is 29.6 Å². The van der Waals surface area contributed by atoms with Crippen LogP contribution >= 0.6 is 23.5 Å². The van der Waals surface area contributed by atoms with Crippen molar-refractivity contribution in [1.82, 2.24) is 0 Å². The normalized spacial score (nSPS) is 13.1. The Labute approximate surface area is 96.5 Å². The first-order valence-corrected chi connectivity index (χ1v) is 6.22. The van der Waals surface area contributed by atoms with Gasteiger partial charge in [0.1, 0.15) is 0 Å². The lowest BCUT2D eigenvalue weighted by atomic mass is 10.3. The summed E-state index contributed by atoms with van der Waals surface area (Å²) in [5, 5.41) is 11.6. The Morgan fingerprint density at radius 3 is 2.20 bits per heavy atom. The first-order chi connectivity index (χ1) is 7.34. The SMILES string of the molecule is [O]c1cccc2c1Sc1ccccc1S2. The maximum Gasteiger partial charge on any atom is 0.193 e. The maximum atomic E-state index is 11.6. The maximum absolute atomic E-state index is 11.6. The van der Waals surface area contributed by atoms with Crippen molar-refractivity contribution in [2.45, 2.75) is 19.6 Å². The molecule has 0 bridgehead atoms. The van der Waals surface area contributed by atoms with Gasteiger partial charge in [0.25, 0.3) is 0 Å². The average Bonchev–Trinajstić information content (AvgIpc) is 2.27. The second-order valence-electron chi connectivity index (χ2n) is 3.23. The summed E-state index contributed by atoms with van der Waals surface area (Å²) in [7, 11) is 0. The summed E-state index contributed by atoms with van der Waals surface area (Å²) in [4.78, 5) is 4.35. The molecule has 2 aromatic rings. The van der Waals surface area contributed by atoms with E-state index in [0.717, 1.165) is 9.79 Å². The lowest BCUT2D eigenvalue weighted by Gasteiger charge is -2.17. The van der Waals surface area contributed by atoms with Crippen molar-refractivity contribution >= 4 is 23.5 Å². The molecule has 0 spiro atoms. The monoisotopic (exact) mass is 231 g/mol. The molecule has 0 amide bonds. The Morgan fingerprint density at radius 2 is 1.40 bits per heavy atom. The van der Waals surface area contributed by atoms with Gasteiger partial charge in [0.2, 0.25) is 0 Å². The molecular weight excluding hydrogens is 224 g/mol. The Morgan fingerprint density at radius 1 is 0.733 bits per heavy atom. The highest BCUT2D eigenvalue weighted by Crippen LogP contribution is 2.51. The first-order valence-electron chi connectivity index (χ1n) is 4.59. The zero-order valence-electron chi connectivity index (χ0n) is 7.77. The fraction of sp³-hybridized carbons (Fsp3) is 0. The van der Waals surface area contributed by atoms with E-state index in [2.05, 4.69) is 12.1 Å². The number of hydrogen-bond donors (Lipinski definition) is 0. The van der Waals surface area contributed by atoms with E-state index in [9.17, 15) is 5.11 Å². The quantitative estimate of drug-likeness (QED) is 0.569. The van der Waals surface area contributed by atoms with Crippen molar-refractivity contribution in [2.75, 3.05) is 0 Å². The van der Waals surface area contributed by atoms with Gasteiger partial charge in [-0.1, -0.05) is 41.7 Å². The van der Waals surface area contributed by atoms with Crippen LogP contribution < -0.4 is 0 Å². The third-order valence-electron chi connectivity index (χ3n) is 2.22. The third kappa shape index (κ3) is 1.52. The van der Waals surface area contributed by atoms with Crippen LogP contribution in [0.4, 0.5) is 0 Å². The van der Waals surface area contributed by atoms with E-state index in [-0.39, 0.29) is 5.75 Å². The van der Waals surface area contributed by atoms with Crippen LogP contribution in [-0.4, -0.2) is 0 Å². The van der Waals surface area contributed by atoms with Crippen molar-refractivity contribution in [3.63, 3.8) is 0 Å². The highest BCUT2D eigenvalue weighted by atomic mass is 32.2. The fourth-order valence-electron chi connectivity index (χ4n) is 1.52. The molecule has 2 aromatic carbocycles. The highest BCUT2D eigenvalue weighted by Gasteiger charge is 2.19. The van der Waals surface area contributed by atoms with Crippen LogP contribution in [0.1, 0.15) is 0 Å². The van der Waals surface area contributed by atoms with Gasteiger partial charge >= 0.3 is 0 Å². The predicted molar refractivity (Wildman–Crippen MR) is 61.3 cm³/mol.